The van der Waals surface area contributed by atoms with Crippen LogP contribution in [0, 0.1) is 0 Å². The Balaban J connectivity index is 3.89. The Labute approximate surface area is 509 Å². The van der Waals surface area contributed by atoms with Gasteiger partial charge < -0.3 is 28.5 Å². The number of carbonyl (C=O) groups excluding carboxylic acids is 2. The molecule has 2 atom stereocenters. The van der Waals surface area contributed by atoms with E-state index in [0.29, 0.717) is 23.9 Å². The number of hydrogen-bond acceptors (Lipinski definition) is 7. The minimum absolute atomic E-state index is 0.180. The van der Waals surface area contributed by atoms with Gasteiger partial charge in [0.25, 0.3) is 6.29 Å². The minimum atomic E-state index is -1.51. The zero-order valence-corrected chi connectivity index (χ0v) is 55.4. The molecule has 0 aromatic heterocycles. The van der Waals surface area contributed by atoms with Gasteiger partial charge in [0.1, 0.15) is 13.2 Å². The van der Waals surface area contributed by atoms with Gasteiger partial charge in [0, 0.05) is 12.8 Å². The van der Waals surface area contributed by atoms with Gasteiger partial charge in [-0.3, -0.25) is 9.59 Å². The van der Waals surface area contributed by atoms with Gasteiger partial charge >= 0.3 is 17.9 Å². The van der Waals surface area contributed by atoms with Crippen LogP contribution in [0.4, 0.5) is 0 Å². The quantitative estimate of drug-likeness (QED) is 0.0211. The molecule has 0 bridgehead atoms. The van der Waals surface area contributed by atoms with Crippen molar-refractivity contribution in [1.82, 2.24) is 0 Å². The maximum Gasteiger partial charge on any atom is 0.361 e. The van der Waals surface area contributed by atoms with Gasteiger partial charge in [-0.1, -0.05) is 334 Å². The Kier molecular flexibility index (Phi) is 63.0. The van der Waals surface area contributed by atoms with Crippen molar-refractivity contribution in [2.45, 2.75) is 379 Å². The molecular weight excluding hydrogens is 1020 g/mol. The average molecular weight is 1160 g/mol. The van der Waals surface area contributed by atoms with E-state index in [1.54, 1.807) is 0 Å². The van der Waals surface area contributed by atoms with Crippen molar-refractivity contribution < 1.29 is 42.9 Å². The number of ether oxygens (including phenoxy) is 4. The molecule has 0 aliphatic carbocycles. The van der Waals surface area contributed by atoms with Gasteiger partial charge in [0.05, 0.1) is 34.4 Å². The molecule has 82 heavy (non-hydrogen) atoms. The molecule has 0 radical (unpaired) electrons. The summed E-state index contributed by atoms with van der Waals surface area (Å²) in [5.74, 6) is -1.99. The highest BCUT2D eigenvalue weighted by molar-refractivity contribution is 5.71. The Morgan fingerprint density at radius 2 is 0.659 bits per heavy atom. The fraction of sp³-hybridized carbons (Fsp3) is 0.904. The first-order chi connectivity index (χ1) is 40.1. The second kappa shape index (κ2) is 64.8. The first kappa shape index (κ1) is 79.8. The van der Waals surface area contributed by atoms with Crippen LogP contribution in [0.25, 0.3) is 0 Å². The highest BCUT2D eigenvalue weighted by atomic mass is 16.7. The van der Waals surface area contributed by atoms with Crippen molar-refractivity contribution in [2.24, 2.45) is 0 Å². The second-order valence-corrected chi connectivity index (χ2v) is 25.9. The summed E-state index contributed by atoms with van der Waals surface area (Å²) in [7, 11) is 5.98. The van der Waals surface area contributed by atoms with Crippen LogP contribution < -0.4 is 0 Å². The first-order valence-electron chi connectivity index (χ1n) is 36.0. The van der Waals surface area contributed by atoms with Crippen molar-refractivity contribution in [3.8, 4) is 0 Å². The van der Waals surface area contributed by atoms with E-state index in [-0.39, 0.29) is 32.2 Å². The molecule has 484 valence electrons. The van der Waals surface area contributed by atoms with Crippen molar-refractivity contribution in [1.29, 1.82) is 0 Å². The summed E-state index contributed by atoms with van der Waals surface area (Å²) in [6.45, 7) is 4.90. The van der Waals surface area contributed by atoms with Crippen LogP contribution in [0.5, 0.6) is 0 Å². The molecule has 0 saturated carbocycles. The molecule has 0 fully saturated rings. The van der Waals surface area contributed by atoms with E-state index in [1.807, 2.05) is 21.1 Å². The van der Waals surface area contributed by atoms with Crippen LogP contribution in [-0.2, 0) is 33.3 Å². The number of likely N-dealkylation sites (N-methyl/N-ethyl adjacent to an activating group) is 1. The molecule has 0 aromatic carbocycles. The number of quaternary nitrogens is 1. The summed E-state index contributed by atoms with van der Waals surface area (Å²) < 4.78 is 22.9. The number of esters is 2. The van der Waals surface area contributed by atoms with E-state index in [0.717, 1.165) is 51.4 Å². The Morgan fingerprint density at radius 3 is 0.988 bits per heavy atom. The number of allylic oxidation sites excluding steroid dienone is 4. The summed E-state index contributed by atoms with van der Waals surface area (Å²) in [6, 6.07) is 0. The smallest absolute Gasteiger partial charge is 0.361 e. The molecule has 2 unspecified atom stereocenters. The van der Waals surface area contributed by atoms with Gasteiger partial charge in [-0.25, -0.2) is 4.79 Å². The highest BCUT2D eigenvalue weighted by Gasteiger charge is 2.25. The summed E-state index contributed by atoms with van der Waals surface area (Å²) in [6.07, 6.45) is 77.6. The summed E-state index contributed by atoms with van der Waals surface area (Å²) >= 11 is 0. The zero-order valence-electron chi connectivity index (χ0n) is 55.4. The Bertz CT molecular complexity index is 1390. The number of aliphatic carboxylic acids is 1. The molecule has 0 saturated heterocycles. The third kappa shape index (κ3) is 65.3. The SMILES string of the molecule is CCCCC/C=C\C/C=C\CCCCCCCCCC(=O)OC(COC(=O)CCCCCCCCCCCCCCCCCCCCCCCCCCCCCCCCCCCCCCCCCC)COC(OCC[N+](C)(C)C)C(=O)O. The monoisotopic (exact) mass is 1160 g/mol. The Morgan fingerprint density at radius 1 is 0.366 bits per heavy atom. The number of carboxylic acid groups (broad SMARTS) is 1. The van der Waals surface area contributed by atoms with E-state index < -0.39 is 24.3 Å². The molecule has 0 aliphatic rings. The van der Waals surface area contributed by atoms with Crippen LogP contribution in [0.15, 0.2) is 24.3 Å². The standard InChI is InChI=1S/C73H139NO8/c1-6-8-10-12-14-16-18-20-22-24-25-26-27-28-29-30-31-32-33-34-35-36-37-38-39-40-41-42-43-44-45-46-48-49-51-53-55-57-59-61-63-70(75)80-67-69(68-81-73(72(77)78)79-66-65-74(3,4)5)82-71(76)64-62-60-58-56-54-52-50-47-23-21-19-17-15-13-11-9-7-2/h15,17,21,23,69,73H,6-14,16,18-20,22,24-68H2,1-5H3/p+1/b17-15-,23-21-. The normalized spacial score (nSPS) is 12.7. The van der Waals surface area contributed by atoms with Crippen molar-refractivity contribution >= 4 is 17.9 Å². The molecule has 0 rings (SSSR count). The maximum atomic E-state index is 12.9. The summed E-state index contributed by atoms with van der Waals surface area (Å²) in [4.78, 5) is 37.5. The van der Waals surface area contributed by atoms with Crippen LogP contribution >= 0.6 is 0 Å². The molecule has 9 heteroatoms. The van der Waals surface area contributed by atoms with E-state index in [4.69, 9.17) is 18.9 Å². The van der Waals surface area contributed by atoms with Crippen molar-refractivity contribution in [3.63, 3.8) is 0 Å². The third-order valence-electron chi connectivity index (χ3n) is 16.5. The molecule has 9 nitrogen and oxygen atoms in total. The van der Waals surface area contributed by atoms with Gasteiger partial charge in [-0.15, -0.1) is 0 Å². The van der Waals surface area contributed by atoms with Crippen molar-refractivity contribution in [2.75, 3.05) is 47.5 Å². The third-order valence-corrected chi connectivity index (χ3v) is 16.5. The highest BCUT2D eigenvalue weighted by Crippen LogP contribution is 2.19. The zero-order chi connectivity index (χ0) is 59.8. The van der Waals surface area contributed by atoms with Crippen LogP contribution in [0.1, 0.15) is 367 Å². The van der Waals surface area contributed by atoms with E-state index >= 15 is 0 Å². The van der Waals surface area contributed by atoms with Gasteiger partial charge in [-0.2, -0.15) is 0 Å². The fourth-order valence-corrected chi connectivity index (χ4v) is 10.9. The van der Waals surface area contributed by atoms with Gasteiger partial charge in [-0.05, 0) is 44.9 Å². The molecule has 0 spiro atoms. The lowest BCUT2D eigenvalue weighted by Gasteiger charge is -2.25. The second-order valence-electron chi connectivity index (χ2n) is 25.9. The predicted octanol–water partition coefficient (Wildman–Crippen LogP) is 22.2. The van der Waals surface area contributed by atoms with E-state index in [9.17, 15) is 19.5 Å². The largest absolute Gasteiger partial charge is 0.477 e. The van der Waals surface area contributed by atoms with Crippen molar-refractivity contribution in [3.05, 3.63) is 24.3 Å². The van der Waals surface area contributed by atoms with Crippen LogP contribution in [0.2, 0.25) is 0 Å². The molecule has 0 aliphatic heterocycles. The fourth-order valence-electron chi connectivity index (χ4n) is 10.9. The molecule has 0 heterocycles. The van der Waals surface area contributed by atoms with E-state index in [1.165, 1.54) is 283 Å². The number of carbonyl (C=O) groups is 3. The summed E-state index contributed by atoms with van der Waals surface area (Å²) in [5.41, 5.74) is 0. The van der Waals surface area contributed by atoms with Gasteiger partial charge in [0.15, 0.2) is 6.10 Å². The minimum Gasteiger partial charge on any atom is -0.477 e. The average Bonchev–Trinajstić information content (AvgIpc) is 3.45. The lowest BCUT2D eigenvalue weighted by atomic mass is 10.0. The first-order valence-corrected chi connectivity index (χ1v) is 36.0. The molecule has 0 amide bonds. The molecule has 1 N–H and O–H groups in total. The number of hydrogen-bond donors (Lipinski definition) is 1. The molecule has 0 aromatic rings. The topological polar surface area (TPSA) is 108 Å². The van der Waals surface area contributed by atoms with Crippen LogP contribution in [0.3, 0.4) is 0 Å². The number of unbranched alkanes of at least 4 members (excludes halogenated alkanes) is 49. The number of carboxylic acids is 1. The predicted molar refractivity (Wildman–Crippen MR) is 351 cm³/mol. The summed E-state index contributed by atoms with van der Waals surface area (Å²) in [5, 5.41) is 9.72. The lowest BCUT2D eigenvalue weighted by Crippen LogP contribution is -2.40. The van der Waals surface area contributed by atoms with Gasteiger partial charge in [0.2, 0.25) is 0 Å². The van der Waals surface area contributed by atoms with E-state index in [2.05, 4.69) is 38.2 Å². The lowest BCUT2D eigenvalue weighted by molar-refractivity contribution is -0.870. The maximum absolute atomic E-state index is 12.9. The number of nitrogens with zero attached hydrogens (tertiary/aromatic N) is 1. The molecular formula is C73H140NO8+. The van der Waals surface area contributed by atoms with Crippen LogP contribution in [-0.4, -0.2) is 87.4 Å². The number of rotatable bonds is 68. The Hall–Kier alpha value is -2.23.